The highest BCUT2D eigenvalue weighted by atomic mass is 35.5. The topological polar surface area (TPSA) is 80.2 Å². The van der Waals surface area contributed by atoms with Crippen molar-refractivity contribution in [3.8, 4) is 0 Å². The molecule has 32 heavy (non-hydrogen) atoms. The van der Waals surface area contributed by atoms with Gasteiger partial charge in [-0.25, -0.2) is 0 Å². The van der Waals surface area contributed by atoms with Crippen molar-refractivity contribution in [3.05, 3.63) is 68.6 Å². The first-order valence-electron chi connectivity index (χ1n) is 10.7. The number of halogens is 1. The number of aromatic nitrogens is 3. The van der Waals surface area contributed by atoms with E-state index in [1.54, 1.807) is 23.2 Å². The van der Waals surface area contributed by atoms with Crippen molar-refractivity contribution in [2.75, 3.05) is 24.7 Å². The fourth-order valence-corrected chi connectivity index (χ4v) is 5.14. The Labute approximate surface area is 188 Å². The Balaban J connectivity index is 1.49. The van der Waals surface area contributed by atoms with E-state index in [0.29, 0.717) is 41.2 Å². The largest absolute Gasteiger partial charge is 0.379 e. The first-order chi connectivity index (χ1) is 15.5. The molecule has 1 amide bonds. The van der Waals surface area contributed by atoms with E-state index in [-0.39, 0.29) is 17.5 Å². The summed E-state index contributed by atoms with van der Waals surface area (Å²) < 4.78 is 7.44. The van der Waals surface area contributed by atoms with Crippen molar-refractivity contribution in [2.24, 2.45) is 0 Å². The summed E-state index contributed by atoms with van der Waals surface area (Å²) in [5, 5.41) is 6.60. The molecule has 0 bridgehead atoms. The number of ether oxygens (including phenoxy) is 1. The van der Waals surface area contributed by atoms with Gasteiger partial charge in [0.05, 0.1) is 35.3 Å². The summed E-state index contributed by atoms with van der Waals surface area (Å²) in [6, 6.07) is 9.50. The number of pyridine rings is 1. The van der Waals surface area contributed by atoms with Crippen molar-refractivity contribution >= 4 is 45.0 Å². The highest BCUT2D eigenvalue weighted by molar-refractivity contribution is 6.30. The van der Waals surface area contributed by atoms with E-state index in [0.717, 1.165) is 40.6 Å². The fraction of sp³-hybridized carbons (Fsp3) is 0.292. The van der Waals surface area contributed by atoms with Gasteiger partial charge in [-0.2, -0.15) is 5.10 Å². The number of hydrogen-bond donors (Lipinski definition) is 1. The van der Waals surface area contributed by atoms with E-state index >= 15 is 0 Å². The van der Waals surface area contributed by atoms with Gasteiger partial charge < -0.3 is 14.6 Å². The van der Waals surface area contributed by atoms with Crippen molar-refractivity contribution in [2.45, 2.75) is 25.8 Å². The maximum atomic E-state index is 13.5. The average molecular weight is 449 g/mol. The molecule has 0 radical (unpaired) electrons. The number of carbonyl (C=O) groups excluding carboxylic acids is 1. The van der Waals surface area contributed by atoms with Crippen LogP contribution in [0.3, 0.4) is 0 Å². The lowest BCUT2D eigenvalue weighted by atomic mass is 10.0. The third-order valence-electron chi connectivity index (χ3n) is 6.57. The Kier molecular flexibility index (Phi) is 4.38. The van der Waals surface area contributed by atoms with Gasteiger partial charge in [-0.15, -0.1) is 0 Å². The number of carbonyl (C=O) groups is 1. The van der Waals surface area contributed by atoms with Crippen LogP contribution in [0.1, 0.15) is 33.9 Å². The molecule has 1 atom stereocenters. The van der Waals surface area contributed by atoms with Gasteiger partial charge in [0.2, 0.25) is 0 Å². The van der Waals surface area contributed by atoms with Gasteiger partial charge in [0.1, 0.15) is 0 Å². The van der Waals surface area contributed by atoms with Crippen LogP contribution in [0, 0.1) is 6.92 Å². The molecule has 4 aromatic rings. The number of nitrogens with zero attached hydrogens (tertiary/aromatic N) is 3. The number of benzene rings is 2. The van der Waals surface area contributed by atoms with Gasteiger partial charge in [-0.1, -0.05) is 11.6 Å². The van der Waals surface area contributed by atoms with Crippen molar-refractivity contribution < 1.29 is 9.53 Å². The number of aromatic amines is 1. The quantitative estimate of drug-likeness (QED) is 0.502. The SMILES string of the molecule is Cc1cc2c(cc1C(=O)N1CCc3cc(Cl)ccc31)[nH]c(=O)c1cnn(C3CCOC3)c12. The van der Waals surface area contributed by atoms with Crippen LogP contribution < -0.4 is 10.5 Å². The van der Waals surface area contributed by atoms with E-state index in [2.05, 4.69) is 10.1 Å². The molecule has 0 aliphatic carbocycles. The Morgan fingerprint density at radius 3 is 2.94 bits per heavy atom. The van der Waals surface area contributed by atoms with Gasteiger partial charge in [0.15, 0.2) is 0 Å². The Bertz CT molecular complexity index is 1470. The maximum Gasteiger partial charge on any atom is 0.259 e. The minimum absolute atomic E-state index is 0.0795. The third-order valence-corrected chi connectivity index (χ3v) is 6.81. The molecular formula is C24H21ClN4O3. The van der Waals surface area contributed by atoms with Crippen LogP contribution in [0.4, 0.5) is 5.69 Å². The third kappa shape index (κ3) is 2.88. The first-order valence-corrected chi connectivity index (χ1v) is 11.1. The molecule has 2 aromatic carbocycles. The summed E-state index contributed by atoms with van der Waals surface area (Å²) in [5.41, 5.74) is 4.61. The molecule has 4 heterocycles. The summed E-state index contributed by atoms with van der Waals surface area (Å²) in [6.45, 7) is 3.81. The Morgan fingerprint density at radius 1 is 1.25 bits per heavy atom. The lowest BCUT2D eigenvalue weighted by Crippen LogP contribution is -2.29. The lowest BCUT2D eigenvalue weighted by molar-refractivity contribution is 0.0989. The highest BCUT2D eigenvalue weighted by Gasteiger charge is 2.28. The predicted molar refractivity (Wildman–Crippen MR) is 124 cm³/mol. The van der Waals surface area contributed by atoms with Crippen LogP contribution in [0.2, 0.25) is 5.02 Å². The number of anilines is 1. The van der Waals surface area contributed by atoms with Crippen LogP contribution in [0.25, 0.3) is 21.8 Å². The minimum Gasteiger partial charge on any atom is -0.379 e. The molecule has 1 unspecified atom stereocenters. The summed E-state index contributed by atoms with van der Waals surface area (Å²) in [7, 11) is 0. The smallest absolute Gasteiger partial charge is 0.259 e. The van der Waals surface area contributed by atoms with Crippen LogP contribution in [-0.4, -0.2) is 40.4 Å². The summed E-state index contributed by atoms with van der Waals surface area (Å²) >= 11 is 6.12. The van der Waals surface area contributed by atoms with E-state index in [1.807, 2.05) is 29.8 Å². The number of fused-ring (bicyclic) bond motifs is 4. The van der Waals surface area contributed by atoms with Crippen molar-refractivity contribution in [1.29, 1.82) is 0 Å². The molecule has 6 rings (SSSR count). The van der Waals surface area contributed by atoms with Crippen molar-refractivity contribution in [3.63, 3.8) is 0 Å². The standard InChI is InChI=1S/C24H21ClN4O3/c1-13-8-18-20(27-23(30)19-11-26-29(22(18)19)16-5-7-32-12-16)10-17(13)24(31)28-6-4-14-9-15(25)2-3-21(14)28/h2-3,8-11,16H,4-7,12H2,1H3,(H,27,30). The predicted octanol–water partition coefficient (Wildman–Crippen LogP) is 4.00. The first kappa shape index (κ1) is 19.5. The van der Waals surface area contributed by atoms with E-state index < -0.39 is 0 Å². The lowest BCUT2D eigenvalue weighted by Gasteiger charge is -2.19. The zero-order chi connectivity index (χ0) is 22.0. The number of nitrogens with one attached hydrogen (secondary N) is 1. The van der Waals surface area contributed by atoms with Gasteiger partial charge in [0, 0.05) is 34.8 Å². The normalized spacial score (nSPS) is 18.1. The Morgan fingerprint density at radius 2 is 2.12 bits per heavy atom. The molecule has 2 aromatic heterocycles. The monoisotopic (exact) mass is 448 g/mol. The molecular weight excluding hydrogens is 428 g/mol. The van der Waals surface area contributed by atoms with E-state index in [9.17, 15) is 9.59 Å². The van der Waals surface area contributed by atoms with Gasteiger partial charge in [0.25, 0.3) is 11.5 Å². The minimum atomic E-state index is -0.207. The molecule has 1 N–H and O–H groups in total. The van der Waals surface area contributed by atoms with Gasteiger partial charge >= 0.3 is 0 Å². The molecule has 0 spiro atoms. The number of amides is 1. The zero-order valence-electron chi connectivity index (χ0n) is 17.5. The summed E-state index contributed by atoms with van der Waals surface area (Å²) in [6.07, 6.45) is 3.25. The average Bonchev–Trinajstić information content (AvgIpc) is 3.52. The number of H-pyrrole nitrogens is 1. The zero-order valence-corrected chi connectivity index (χ0v) is 18.3. The number of aryl methyl sites for hydroxylation is 1. The number of rotatable bonds is 2. The summed E-state index contributed by atoms with van der Waals surface area (Å²) in [5.74, 6) is -0.0795. The van der Waals surface area contributed by atoms with Crippen LogP contribution >= 0.6 is 11.6 Å². The van der Waals surface area contributed by atoms with E-state index in [1.165, 1.54) is 0 Å². The van der Waals surface area contributed by atoms with Crippen LogP contribution in [0.15, 0.2) is 41.3 Å². The molecule has 2 aliphatic heterocycles. The molecule has 0 saturated carbocycles. The van der Waals surface area contributed by atoms with Gasteiger partial charge in [-0.3, -0.25) is 14.3 Å². The maximum absolute atomic E-state index is 13.5. The fourth-order valence-electron chi connectivity index (χ4n) is 4.94. The molecule has 2 aliphatic rings. The summed E-state index contributed by atoms with van der Waals surface area (Å²) in [4.78, 5) is 31.0. The highest BCUT2D eigenvalue weighted by Crippen LogP contribution is 2.33. The molecule has 162 valence electrons. The molecule has 1 saturated heterocycles. The van der Waals surface area contributed by atoms with E-state index in [4.69, 9.17) is 16.3 Å². The van der Waals surface area contributed by atoms with Crippen LogP contribution in [-0.2, 0) is 11.2 Å². The Hall–Kier alpha value is -3.16. The van der Waals surface area contributed by atoms with Crippen molar-refractivity contribution in [1.82, 2.24) is 14.8 Å². The number of hydrogen-bond acceptors (Lipinski definition) is 4. The van der Waals surface area contributed by atoms with Gasteiger partial charge in [-0.05, 0) is 61.2 Å². The second-order valence-corrected chi connectivity index (χ2v) is 8.95. The second-order valence-electron chi connectivity index (χ2n) is 8.52. The molecule has 7 nitrogen and oxygen atoms in total. The second kappa shape index (κ2) is 7.18. The molecule has 8 heteroatoms. The van der Waals surface area contributed by atoms with Crippen LogP contribution in [0.5, 0.6) is 0 Å². The molecule has 1 fully saturated rings.